The minimum absolute atomic E-state index is 0. The molecule has 7 unspecified atom stereocenters. The quantitative estimate of drug-likeness (QED) is 0.0165. The normalized spacial score (nSPS) is 13.6. The lowest BCUT2D eigenvalue weighted by Crippen LogP contribution is -2.33. The van der Waals surface area contributed by atoms with Crippen molar-refractivity contribution in [2.75, 3.05) is 106 Å². The number of hydrogen-bond donors (Lipinski definition) is 12. The molecule has 0 fully saturated rings. The number of aliphatic hydroxyl groups is 12. The van der Waals surface area contributed by atoms with E-state index < -0.39 is 55.8 Å². The van der Waals surface area contributed by atoms with Gasteiger partial charge in [-0.15, -0.1) is 12.8 Å². The van der Waals surface area contributed by atoms with E-state index in [-0.39, 0.29) is 195 Å². The van der Waals surface area contributed by atoms with Gasteiger partial charge in [-0.3, -0.25) is 0 Å². The Morgan fingerprint density at radius 2 is 0.623 bits per heavy atom. The summed E-state index contributed by atoms with van der Waals surface area (Å²) in [7, 11) is 0. The first kappa shape index (κ1) is 165. The molecule has 114 heavy (non-hydrogen) atoms. The van der Waals surface area contributed by atoms with E-state index in [1.807, 2.05) is 62.3 Å². The van der Waals surface area contributed by atoms with E-state index in [0.29, 0.717) is 62.3 Å². The van der Waals surface area contributed by atoms with Crippen molar-refractivity contribution in [3.05, 3.63) is 11.8 Å². The van der Waals surface area contributed by atoms with E-state index in [2.05, 4.69) is 133 Å². The van der Waals surface area contributed by atoms with Crippen molar-refractivity contribution in [2.24, 2.45) is 40.4 Å². The van der Waals surface area contributed by atoms with Crippen LogP contribution in [0.15, 0.2) is 11.8 Å². The zero-order valence-electron chi connectivity index (χ0n) is 67.7. The van der Waals surface area contributed by atoms with Crippen molar-refractivity contribution in [1.82, 2.24) is 0 Å². The molecule has 19 heteroatoms. The van der Waals surface area contributed by atoms with E-state index >= 15 is 0 Å². The van der Waals surface area contributed by atoms with E-state index in [1.54, 1.807) is 69.2 Å². The van der Waals surface area contributed by atoms with Crippen molar-refractivity contribution >= 4 is 0 Å². The molecule has 0 aliphatic rings. The minimum atomic E-state index is -1.01. The molecule has 12 N–H and O–H groups in total. The summed E-state index contributed by atoms with van der Waals surface area (Å²) in [5.74, 6) is 36.8. The maximum Gasteiger partial charge on any atom is 0.126 e. The van der Waals surface area contributed by atoms with Crippen molar-refractivity contribution in [2.45, 2.75) is 380 Å². The second-order valence-electron chi connectivity index (χ2n) is 29.7. The summed E-state index contributed by atoms with van der Waals surface area (Å²) < 4.78 is 37.9. The molecule has 0 aliphatic carbocycles. The summed E-state index contributed by atoms with van der Waals surface area (Å²) in [6.45, 7) is 55.7. The molecule has 0 aromatic carbocycles. The number of terminal acetylenes is 2. The average molecular weight is 1650 g/mol. The molecule has 0 aromatic rings. The van der Waals surface area contributed by atoms with Crippen LogP contribution in [0.25, 0.3) is 0 Å². The monoisotopic (exact) mass is 1650 g/mol. The summed E-state index contributed by atoms with van der Waals surface area (Å²) in [6, 6.07) is 0. The lowest BCUT2D eigenvalue weighted by molar-refractivity contribution is -0.0187. The zero-order chi connectivity index (χ0) is 80.0. The Morgan fingerprint density at radius 1 is 0.342 bits per heavy atom. The fraction of sp³-hybridized carbons (Fsp3) is 0.832. The highest BCUT2D eigenvalue weighted by Crippen LogP contribution is 2.30. The van der Waals surface area contributed by atoms with Crippen LogP contribution in [0, 0.1) is 124 Å². The standard InChI is InChI=1S/C18H34O4.C14H26O4.C14H26O2.C10H18O3.C10H18O2.C8H14O2.C7H10O2.14CH4/c1-15(2)13-18(6,22-12-10-20)8-7-17(5,16(3)4)14-21-11-9-19;1-5-13(3,17-11-9-15)7-8-14(4,6-2)18-12-10-16;1-11(2)9-14(6,16)8-7-13(5,10-15)12(3)4;1-9(2,12)5-6-10(3,4)13-8-7-11;1-5-10(4,8-9(2)3)12-7-6-11;1-7(2,9)5-6-8(3,4)10;1-3-4-7(2)9-6-5-8;;;;;;;;;;;;;;/h15-16,19-20H,9-14H2,1-6H3;15-16H,5-6,9-12H2,1-4H3;11-12,15-16H,9-10H2,1-6H3;11-12H,7-8H2,1-4H3;1,9,11H,6-8H2,2-4H3;9-10H,1-4H3;1,4,8H,5-6H2,2H3;14*1H4/b;;;;;;7-4+;;;;;;;;;;;;;;. The van der Waals surface area contributed by atoms with Crippen molar-refractivity contribution in [1.29, 1.82) is 0 Å². The van der Waals surface area contributed by atoms with E-state index in [0.717, 1.165) is 25.7 Å². The Balaban J connectivity index is -0.0000000464. The van der Waals surface area contributed by atoms with Crippen LogP contribution in [0.4, 0.5) is 0 Å². The van der Waals surface area contributed by atoms with Gasteiger partial charge in [0.05, 0.1) is 110 Å². The predicted molar refractivity (Wildman–Crippen MR) is 500 cm³/mol. The highest BCUT2D eigenvalue weighted by atomic mass is 16.5. The molecule has 19 nitrogen and oxygen atoms in total. The molecule has 7 atom stereocenters. The third kappa shape index (κ3) is 106. The van der Waals surface area contributed by atoms with Gasteiger partial charge in [-0.25, -0.2) is 0 Å². The second-order valence-corrected chi connectivity index (χ2v) is 29.7. The lowest BCUT2D eigenvalue weighted by Gasteiger charge is -2.30. The zero-order valence-corrected chi connectivity index (χ0v) is 67.7. The molecule has 0 radical (unpaired) electrons. The third-order valence-electron chi connectivity index (χ3n) is 14.0. The SMILES string of the molecule is C.C.C.C.C.C.C.C.C.C.C.C.C.C.C#C/C=C(\C)OCCO.C#CC(C)(CC(C)C)OCCO.CC(C)(O)C#CC(C)(C)O.CC(C)(O)C#CC(C)(C)OCCO.CC(C)CC(C)(C#CC(C)(COCCO)C(C)C)OCCO.CC(C)CC(C)(O)C#CC(C)(CO)C(C)C.CCC(C)(C#CC(C)(CC)OCCO)OCCO. The van der Waals surface area contributed by atoms with Gasteiger partial charge >= 0.3 is 0 Å². The molecule has 0 saturated heterocycles. The van der Waals surface area contributed by atoms with Gasteiger partial charge in [0.2, 0.25) is 0 Å². The molecule has 0 heterocycles. The average Bonchev–Trinajstić information content (AvgIpc) is 0.853. The highest BCUT2D eigenvalue weighted by Gasteiger charge is 2.31. The first-order valence-corrected chi connectivity index (χ1v) is 35.1. The summed E-state index contributed by atoms with van der Waals surface area (Å²) in [5.41, 5.74) is -7.55. The molecule has 0 aromatic heterocycles. The molecule has 0 amide bonds. The van der Waals surface area contributed by atoms with E-state index in [1.165, 1.54) is 6.08 Å². The van der Waals surface area contributed by atoms with Crippen molar-refractivity contribution in [3.63, 3.8) is 0 Å². The van der Waals surface area contributed by atoms with Crippen LogP contribution in [-0.4, -0.2) is 217 Å². The van der Waals surface area contributed by atoms with Crippen LogP contribution in [0.2, 0.25) is 0 Å². The van der Waals surface area contributed by atoms with Crippen LogP contribution in [0.3, 0.4) is 0 Å². The minimum Gasteiger partial charge on any atom is -0.495 e. The van der Waals surface area contributed by atoms with Gasteiger partial charge in [0.25, 0.3) is 0 Å². The molecule has 0 saturated carbocycles. The van der Waals surface area contributed by atoms with Gasteiger partial charge in [0, 0.05) is 6.08 Å². The molecule has 0 rings (SSSR count). The first-order chi connectivity index (χ1) is 45.6. The van der Waals surface area contributed by atoms with Gasteiger partial charge in [0.15, 0.2) is 0 Å². The summed E-state index contributed by atoms with van der Waals surface area (Å²) >= 11 is 0. The molecular weight excluding hydrogens is 1450 g/mol. The summed E-state index contributed by atoms with van der Waals surface area (Å²) in [5, 5.41) is 108. The number of allylic oxidation sites excluding steroid dienone is 2. The third-order valence-corrected chi connectivity index (χ3v) is 14.0. The fourth-order valence-electron chi connectivity index (χ4n) is 7.44. The summed E-state index contributed by atoms with van der Waals surface area (Å²) in [6.07, 6.45) is 15.5. The molecule has 0 aliphatic heterocycles. The van der Waals surface area contributed by atoms with Gasteiger partial charge < -0.3 is 94.4 Å². The topological polar surface area (TPSA) is 307 Å². The Kier molecular flexibility index (Phi) is 125. The lowest BCUT2D eigenvalue weighted by atomic mass is 9.79. The largest absolute Gasteiger partial charge is 0.495 e. The molecule has 696 valence electrons. The molecule has 0 bridgehead atoms. The Bertz CT molecular complexity index is 2480. The van der Waals surface area contributed by atoms with Crippen LogP contribution < -0.4 is 0 Å². The van der Waals surface area contributed by atoms with Gasteiger partial charge in [-0.2, -0.15) is 0 Å². The number of rotatable bonds is 33. The maximum absolute atomic E-state index is 10.1. The predicted octanol–water partition coefficient (Wildman–Crippen LogP) is 18.2. The molecular formula is C95H202O19. The van der Waals surface area contributed by atoms with Gasteiger partial charge in [-0.1, -0.05) is 258 Å². The number of ether oxygens (including phenoxy) is 7. The number of hydrogen-bond acceptors (Lipinski definition) is 19. The maximum atomic E-state index is 10.1. The Labute approximate surface area is 713 Å². The van der Waals surface area contributed by atoms with Crippen molar-refractivity contribution in [3.8, 4) is 83.9 Å². The smallest absolute Gasteiger partial charge is 0.126 e. The highest BCUT2D eigenvalue weighted by molar-refractivity contribution is 5.23. The van der Waals surface area contributed by atoms with Gasteiger partial charge in [-0.05, 0) is 172 Å². The fourth-order valence-corrected chi connectivity index (χ4v) is 7.44. The Morgan fingerprint density at radius 3 is 0.895 bits per heavy atom. The van der Waals surface area contributed by atoms with E-state index in [9.17, 15) is 15.3 Å². The summed E-state index contributed by atoms with van der Waals surface area (Å²) in [4.78, 5) is 0. The van der Waals surface area contributed by atoms with Crippen LogP contribution >= 0.6 is 0 Å². The second kappa shape index (κ2) is 86.6. The van der Waals surface area contributed by atoms with Gasteiger partial charge in [0.1, 0.15) is 62.8 Å². The number of aliphatic hydroxyl groups excluding tert-OH is 8. The van der Waals surface area contributed by atoms with Crippen LogP contribution in [0.1, 0.15) is 330 Å². The van der Waals surface area contributed by atoms with Crippen LogP contribution in [-0.2, 0) is 33.2 Å². The molecule has 0 spiro atoms. The Hall–Kier alpha value is -4.26. The van der Waals surface area contributed by atoms with Crippen LogP contribution in [0.5, 0.6) is 0 Å². The van der Waals surface area contributed by atoms with Crippen molar-refractivity contribution < 1.29 is 94.4 Å². The van der Waals surface area contributed by atoms with E-state index in [4.69, 9.17) is 92.0 Å². The first-order valence-electron chi connectivity index (χ1n) is 35.1.